The van der Waals surface area contributed by atoms with Crippen LogP contribution in [0, 0.1) is 0 Å². The highest BCUT2D eigenvalue weighted by molar-refractivity contribution is 7.89. The number of hydrogen-bond donors (Lipinski definition) is 2. The minimum atomic E-state index is -3.56. The molecule has 7 heteroatoms. The minimum Gasteiger partial charge on any atom is -0.447 e. The van der Waals surface area contributed by atoms with Crippen molar-refractivity contribution in [2.45, 2.75) is 62.4 Å². The Morgan fingerprint density at radius 3 is 2.71 bits per heavy atom. The molecule has 0 unspecified atom stereocenters. The summed E-state index contributed by atoms with van der Waals surface area (Å²) in [5.74, 6) is 0.656. The zero-order valence-electron chi connectivity index (χ0n) is 12.2. The summed E-state index contributed by atoms with van der Waals surface area (Å²) in [6, 6.07) is 3.75. The van der Waals surface area contributed by atoms with Gasteiger partial charge in [-0.15, -0.1) is 0 Å². The molecule has 2 aliphatic carbocycles. The molecule has 1 aromatic rings. The van der Waals surface area contributed by atoms with Crippen LogP contribution in [0.5, 0.6) is 0 Å². The zero-order chi connectivity index (χ0) is 14.9. The Morgan fingerprint density at radius 2 is 2.05 bits per heavy atom. The minimum absolute atomic E-state index is 0.00467. The van der Waals surface area contributed by atoms with E-state index in [-0.39, 0.29) is 17.2 Å². The molecule has 1 aromatic heterocycles. The molecule has 0 radical (unpaired) electrons. The first-order chi connectivity index (χ1) is 10.1. The van der Waals surface area contributed by atoms with E-state index in [2.05, 4.69) is 10.0 Å². The van der Waals surface area contributed by atoms with Gasteiger partial charge in [0.25, 0.3) is 10.0 Å². The second-order valence-electron chi connectivity index (χ2n) is 5.74. The Balaban J connectivity index is 1.52. The molecule has 2 saturated carbocycles. The molecule has 1 heterocycles. The number of nitrogens with one attached hydrogen (secondary N) is 2. The van der Waals surface area contributed by atoms with Crippen molar-refractivity contribution in [1.29, 1.82) is 0 Å². The summed E-state index contributed by atoms with van der Waals surface area (Å²) in [5, 5.41) is 3.29. The van der Waals surface area contributed by atoms with Gasteiger partial charge in [0, 0.05) is 18.7 Å². The normalized spacial score (nSPS) is 25.8. The van der Waals surface area contributed by atoms with E-state index in [0.717, 1.165) is 12.8 Å². The van der Waals surface area contributed by atoms with Gasteiger partial charge in [-0.25, -0.2) is 13.1 Å². The van der Waals surface area contributed by atoms with Crippen molar-refractivity contribution in [3.05, 3.63) is 17.9 Å². The Hall–Kier alpha value is -0.890. The molecule has 2 aliphatic rings. The average molecular weight is 314 g/mol. The topological polar surface area (TPSA) is 80.6 Å². The van der Waals surface area contributed by atoms with Crippen LogP contribution in [-0.2, 0) is 21.3 Å². The number of ether oxygens (including phenoxy) is 1. The number of hydrogen-bond acceptors (Lipinski definition) is 5. The summed E-state index contributed by atoms with van der Waals surface area (Å²) in [7, 11) is -3.56. The Bertz CT molecular complexity index is 574. The third-order valence-electron chi connectivity index (χ3n) is 3.86. The highest BCUT2D eigenvalue weighted by Crippen LogP contribution is 2.26. The summed E-state index contributed by atoms with van der Waals surface area (Å²) in [5.41, 5.74) is 0. The van der Waals surface area contributed by atoms with Gasteiger partial charge >= 0.3 is 0 Å². The quantitative estimate of drug-likeness (QED) is 0.757. The van der Waals surface area contributed by atoms with E-state index in [1.807, 2.05) is 6.92 Å². The Morgan fingerprint density at radius 1 is 1.29 bits per heavy atom. The summed E-state index contributed by atoms with van der Waals surface area (Å²) in [6.07, 6.45) is 4.01. The second-order valence-corrected chi connectivity index (χ2v) is 7.39. The van der Waals surface area contributed by atoms with Gasteiger partial charge < -0.3 is 14.5 Å². The van der Waals surface area contributed by atoms with Crippen molar-refractivity contribution in [2.75, 3.05) is 6.61 Å². The van der Waals surface area contributed by atoms with Crippen LogP contribution in [0.25, 0.3) is 0 Å². The lowest BCUT2D eigenvalue weighted by Gasteiger charge is -2.34. The van der Waals surface area contributed by atoms with Crippen molar-refractivity contribution < 1.29 is 17.6 Å². The van der Waals surface area contributed by atoms with Crippen molar-refractivity contribution in [1.82, 2.24) is 10.0 Å². The first-order valence-corrected chi connectivity index (χ1v) is 9.01. The van der Waals surface area contributed by atoms with Gasteiger partial charge in [0.05, 0.1) is 12.6 Å². The molecule has 0 spiro atoms. The van der Waals surface area contributed by atoms with Gasteiger partial charge in [0.2, 0.25) is 5.09 Å². The monoisotopic (exact) mass is 314 g/mol. The fraction of sp³-hybridized carbons (Fsp3) is 0.714. The SMILES string of the molecule is CCOC1CC(NS(=O)(=O)c2ccc(CNC3CC3)o2)C1. The lowest BCUT2D eigenvalue weighted by atomic mass is 9.90. The van der Waals surface area contributed by atoms with Crippen molar-refractivity contribution in [2.24, 2.45) is 0 Å². The maximum Gasteiger partial charge on any atom is 0.274 e. The van der Waals surface area contributed by atoms with Gasteiger partial charge in [0.15, 0.2) is 0 Å². The molecule has 0 aromatic carbocycles. The molecule has 0 aliphatic heterocycles. The van der Waals surface area contributed by atoms with Crippen LogP contribution in [0.4, 0.5) is 0 Å². The first-order valence-electron chi connectivity index (χ1n) is 7.53. The van der Waals surface area contributed by atoms with E-state index in [4.69, 9.17) is 9.15 Å². The van der Waals surface area contributed by atoms with Crippen LogP contribution in [-0.4, -0.2) is 33.2 Å². The van der Waals surface area contributed by atoms with E-state index in [0.29, 0.717) is 25.0 Å². The van der Waals surface area contributed by atoms with Gasteiger partial charge in [0.1, 0.15) is 5.76 Å². The molecule has 118 valence electrons. The molecule has 0 atom stereocenters. The van der Waals surface area contributed by atoms with Gasteiger partial charge in [-0.3, -0.25) is 0 Å². The lowest BCUT2D eigenvalue weighted by Crippen LogP contribution is -2.47. The number of furan rings is 1. The van der Waals surface area contributed by atoms with Gasteiger partial charge in [-0.1, -0.05) is 0 Å². The zero-order valence-corrected chi connectivity index (χ0v) is 13.0. The van der Waals surface area contributed by atoms with Crippen LogP contribution in [0.1, 0.15) is 38.4 Å². The Labute approximate surface area is 125 Å². The summed E-state index contributed by atoms with van der Waals surface area (Å²) < 4.78 is 37.9. The smallest absolute Gasteiger partial charge is 0.274 e. The molecule has 0 amide bonds. The summed E-state index contributed by atoms with van der Waals surface area (Å²) in [6.45, 7) is 3.19. The van der Waals surface area contributed by atoms with E-state index >= 15 is 0 Å². The molecule has 21 heavy (non-hydrogen) atoms. The van der Waals surface area contributed by atoms with E-state index in [1.54, 1.807) is 6.07 Å². The second kappa shape index (κ2) is 6.08. The molecule has 2 N–H and O–H groups in total. The highest BCUT2D eigenvalue weighted by atomic mass is 32.2. The fourth-order valence-electron chi connectivity index (χ4n) is 2.44. The number of sulfonamides is 1. The molecular formula is C14H22N2O4S. The molecule has 6 nitrogen and oxygen atoms in total. The molecule has 3 rings (SSSR count). The summed E-state index contributed by atoms with van der Waals surface area (Å²) in [4.78, 5) is 0. The van der Waals surface area contributed by atoms with Crippen molar-refractivity contribution >= 4 is 10.0 Å². The van der Waals surface area contributed by atoms with Crippen LogP contribution in [0.3, 0.4) is 0 Å². The van der Waals surface area contributed by atoms with Crippen molar-refractivity contribution in [3.63, 3.8) is 0 Å². The highest BCUT2D eigenvalue weighted by Gasteiger charge is 2.34. The third kappa shape index (κ3) is 3.85. The number of rotatable bonds is 8. The first kappa shape index (κ1) is 15.0. The maximum atomic E-state index is 12.2. The largest absolute Gasteiger partial charge is 0.447 e. The average Bonchev–Trinajstić information content (AvgIpc) is 3.10. The van der Waals surface area contributed by atoms with Gasteiger partial charge in [-0.2, -0.15) is 0 Å². The van der Waals surface area contributed by atoms with E-state index < -0.39 is 10.0 Å². The van der Waals surface area contributed by atoms with Crippen LogP contribution >= 0.6 is 0 Å². The van der Waals surface area contributed by atoms with Crippen molar-refractivity contribution in [3.8, 4) is 0 Å². The van der Waals surface area contributed by atoms with Crippen LogP contribution in [0.15, 0.2) is 21.6 Å². The Kier molecular flexibility index (Phi) is 4.35. The summed E-state index contributed by atoms with van der Waals surface area (Å²) >= 11 is 0. The molecule has 0 saturated heterocycles. The standard InChI is InChI=1S/C14H22N2O4S/c1-2-19-13-7-11(8-13)16-21(17,18)14-6-5-12(20-14)9-15-10-3-4-10/h5-6,10-11,13,15-16H,2-4,7-9H2,1H3. The molecule has 0 bridgehead atoms. The predicted molar refractivity (Wildman–Crippen MR) is 77.3 cm³/mol. The van der Waals surface area contributed by atoms with E-state index in [9.17, 15) is 8.42 Å². The van der Waals surface area contributed by atoms with Crippen LogP contribution < -0.4 is 10.0 Å². The third-order valence-corrected chi connectivity index (χ3v) is 5.26. The van der Waals surface area contributed by atoms with Gasteiger partial charge in [-0.05, 0) is 44.7 Å². The predicted octanol–water partition coefficient (Wildman–Crippen LogP) is 1.38. The molecular weight excluding hydrogens is 292 g/mol. The van der Waals surface area contributed by atoms with Crippen LogP contribution in [0.2, 0.25) is 0 Å². The maximum absolute atomic E-state index is 12.2. The van der Waals surface area contributed by atoms with E-state index in [1.165, 1.54) is 18.9 Å². The lowest BCUT2D eigenvalue weighted by molar-refractivity contribution is -0.00483. The molecule has 2 fully saturated rings. The fourth-order valence-corrected chi connectivity index (χ4v) is 3.65.